The Morgan fingerprint density at radius 1 is 0.737 bits per heavy atom. The van der Waals surface area contributed by atoms with Gasteiger partial charge < -0.3 is 14.6 Å². The lowest BCUT2D eigenvalue weighted by Gasteiger charge is -2.03. The maximum Gasteiger partial charge on any atom is 0.470 e. The Kier molecular flexibility index (Phi) is 8.53. The number of sulfonamides is 1. The normalized spacial score (nSPS) is 12.2. The molecule has 3 N–H and O–H groups in total. The minimum absolute atomic E-state index is 0.0801. The summed E-state index contributed by atoms with van der Waals surface area (Å²) >= 11 is 0. The maximum absolute atomic E-state index is 12.3. The SMILES string of the molecule is CS(=O)(=O)NCc1ccc(-c2nnc(C(F)(F)F)o2)cc1.NCc1ccc(-c2nnc(C(F)(F)F)o2)cc1. The van der Waals surface area contributed by atoms with Crippen LogP contribution in [0.3, 0.4) is 0 Å². The minimum Gasteiger partial charge on any atom is -0.413 e. The summed E-state index contributed by atoms with van der Waals surface area (Å²) < 4.78 is 107. The molecule has 0 aliphatic heterocycles. The van der Waals surface area contributed by atoms with Crippen LogP contribution in [0.25, 0.3) is 22.9 Å². The van der Waals surface area contributed by atoms with E-state index in [1.807, 2.05) is 0 Å². The third-order valence-corrected chi connectivity index (χ3v) is 5.18. The number of nitrogens with zero attached hydrogens (tertiary/aromatic N) is 4. The summed E-state index contributed by atoms with van der Waals surface area (Å²) in [6, 6.07) is 12.6. The molecule has 0 spiro atoms. The molecule has 0 fully saturated rings. The second-order valence-electron chi connectivity index (χ2n) is 7.51. The average molecular weight is 564 g/mol. The molecule has 10 nitrogen and oxygen atoms in total. The van der Waals surface area contributed by atoms with Gasteiger partial charge in [-0.25, -0.2) is 13.1 Å². The first-order chi connectivity index (χ1) is 17.7. The second-order valence-corrected chi connectivity index (χ2v) is 9.34. The van der Waals surface area contributed by atoms with Gasteiger partial charge in [0.1, 0.15) is 0 Å². The Balaban J connectivity index is 0.000000215. The molecule has 0 saturated heterocycles. The number of halogens is 6. The summed E-state index contributed by atoms with van der Waals surface area (Å²) in [5.41, 5.74) is 7.63. The zero-order valence-electron chi connectivity index (χ0n) is 19.2. The fraction of sp³-hybridized carbons (Fsp3) is 0.238. The molecule has 2 aromatic heterocycles. The van der Waals surface area contributed by atoms with Crippen molar-refractivity contribution in [3.8, 4) is 22.9 Å². The molecule has 17 heteroatoms. The van der Waals surface area contributed by atoms with E-state index in [9.17, 15) is 34.8 Å². The van der Waals surface area contributed by atoms with Crippen LogP contribution >= 0.6 is 0 Å². The highest BCUT2D eigenvalue weighted by atomic mass is 32.2. The Morgan fingerprint density at radius 2 is 1.13 bits per heavy atom. The number of alkyl halides is 6. The number of nitrogens with one attached hydrogen (secondary N) is 1. The van der Waals surface area contributed by atoms with E-state index in [2.05, 4.69) is 34.0 Å². The van der Waals surface area contributed by atoms with Gasteiger partial charge in [-0.1, -0.05) is 24.3 Å². The minimum atomic E-state index is -4.69. The molecular weight excluding hydrogens is 546 g/mol. The first-order valence-corrected chi connectivity index (χ1v) is 12.2. The molecule has 4 aromatic rings. The van der Waals surface area contributed by atoms with Crippen molar-refractivity contribution >= 4 is 10.0 Å². The van der Waals surface area contributed by atoms with Gasteiger partial charge in [0.25, 0.3) is 0 Å². The van der Waals surface area contributed by atoms with Crippen LogP contribution in [0.1, 0.15) is 22.9 Å². The van der Waals surface area contributed by atoms with Crippen molar-refractivity contribution in [2.75, 3.05) is 6.26 Å². The van der Waals surface area contributed by atoms with E-state index in [4.69, 9.17) is 5.73 Å². The number of hydrogen-bond donors (Lipinski definition) is 2. The zero-order chi connectivity index (χ0) is 28.1. The van der Waals surface area contributed by atoms with E-state index in [1.165, 1.54) is 12.1 Å². The molecule has 0 atom stereocenters. The Morgan fingerprint density at radius 3 is 1.45 bits per heavy atom. The monoisotopic (exact) mass is 564 g/mol. The summed E-state index contributed by atoms with van der Waals surface area (Å²) in [4.78, 5) is 0. The standard InChI is InChI=1S/C11H10F3N3O3S.C10H8F3N3O/c1-21(18,19)15-6-7-2-4-8(5-3-7)9-16-17-10(20-9)11(12,13)14;11-10(12,13)9-16-15-8(17-9)7-3-1-6(5-14)2-4-7/h2-5,15H,6H2,1H3;1-4H,5,14H2. The lowest BCUT2D eigenvalue weighted by Crippen LogP contribution is -2.21. The second kappa shape index (κ2) is 11.3. The number of benzene rings is 2. The molecule has 0 aliphatic carbocycles. The van der Waals surface area contributed by atoms with Gasteiger partial charge in [0.2, 0.25) is 21.8 Å². The highest BCUT2D eigenvalue weighted by molar-refractivity contribution is 7.88. The van der Waals surface area contributed by atoms with Crippen LogP contribution in [0.2, 0.25) is 0 Å². The average Bonchev–Trinajstić information content (AvgIpc) is 3.54. The first-order valence-electron chi connectivity index (χ1n) is 10.3. The Hall–Kier alpha value is -3.83. The van der Waals surface area contributed by atoms with Crippen LogP contribution in [0.5, 0.6) is 0 Å². The fourth-order valence-corrected chi connectivity index (χ4v) is 3.10. The highest BCUT2D eigenvalue weighted by Gasteiger charge is 2.39. The van der Waals surface area contributed by atoms with Crippen LogP contribution in [0.15, 0.2) is 57.4 Å². The van der Waals surface area contributed by atoms with Crippen molar-refractivity contribution in [2.24, 2.45) is 5.73 Å². The summed E-state index contributed by atoms with van der Waals surface area (Å²) in [6.07, 6.45) is -8.29. The smallest absolute Gasteiger partial charge is 0.413 e. The van der Waals surface area contributed by atoms with Crippen molar-refractivity contribution in [1.29, 1.82) is 0 Å². The van der Waals surface area contributed by atoms with Crippen LogP contribution in [-0.2, 0) is 35.5 Å². The predicted molar refractivity (Wildman–Crippen MR) is 119 cm³/mol. The van der Waals surface area contributed by atoms with Crippen molar-refractivity contribution in [2.45, 2.75) is 25.4 Å². The fourth-order valence-electron chi connectivity index (χ4n) is 2.67. The first kappa shape index (κ1) is 28.7. The molecule has 0 aliphatic rings. The number of rotatable bonds is 6. The van der Waals surface area contributed by atoms with Crippen molar-refractivity contribution < 1.29 is 43.6 Å². The Labute approximate surface area is 210 Å². The van der Waals surface area contributed by atoms with Gasteiger partial charge in [-0.15, -0.1) is 20.4 Å². The van der Waals surface area contributed by atoms with Gasteiger partial charge in [-0.3, -0.25) is 0 Å². The predicted octanol–water partition coefficient (Wildman–Crippen LogP) is 4.02. The van der Waals surface area contributed by atoms with Gasteiger partial charge >= 0.3 is 24.1 Å². The highest BCUT2D eigenvalue weighted by Crippen LogP contribution is 2.31. The summed E-state index contributed by atoms with van der Waals surface area (Å²) in [5.74, 6) is -3.19. The number of nitrogens with two attached hydrogens (primary N) is 1. The van der Waals surface area contributed by atoms with Crippen LogP contribution in [0, 0.1) is 0 Å². The molecule has 0 bridgehead atoms. The number of aromatic nitrogens is 4. The van der Waals surface area contributed by atoms with Crippen LogP contribution < -0.4 is 10.5 Å². The third-order valence-electron chi connectivity index (χ3n) is 4.51. The maximum atomic E-state index is 12.3. The summed E-state index contributed by atoms with van der Waals surface area (Å²) in [6.45, 7) is 0.439. The largest absolute Gasteiger partial charge is 0.470 e. The molecule has 2 heterocycles. The molecule has 0 saturated carbocycles. The van der Waals surface area contributed by atoms with E-state index in [-0.39, 0.29) is 18.3 Å². The molecule has 204 valence electrons. The Bertz CT molecular complexity index is 1450. The van der Waals surface area contributed by atoms with Crippen molar-refractivity contribution in [3.05, 3.63) is 71.4 Å². The van der Waals surface area contributed by atoms with E-state index < -0.39 is 34.2 Å². The summed E-state index contributed by atoms with van der Waals surface area (Å²) in [5, 5.41) is 12.5. The van der Waals surface area contributed by atoms with Crippen LogP contribution in [-0.4, -0.2) is 35.1 Å². The molecular formula is C21H18F6N6O4S. The van der Waals surface area contributed by atoms with Crippen molar-refractivity contribution in [3.63, 3.8) is 0 Å². The molecule has 4 rings (SSSR count). The zero-order valence-corrected chi connectivity index (χ0v) is 20.0. The van der Waals surface area contributed by atoms with E-state index in [1.54, 1.807) is 36.4 Å². The number of hydrogen-bond acceptors (Lipinski definition) is 9. The molecule has 0 unspecified atom stereocenters. The lowest BCUT2D eigenvalue weighted by molar-refractivity contribution is -0.157. The third kappa shape index (κ3) is 8.09. The van der Waals surface area contributed by atoms with Crippen LogP contribution in [0.4, 0.5) is 26.3 Å². The van der Waals surface area contributed by atoms with Crippen molar-refractivity contribution in [1.82, 2.24) is 25.1 Å². The lowest BCUT2D eigenvalue weighted by atomic mass is 10.1. The molecule has 0 radical (unpaired) electrons. The van der Waals surface area contributed by atoms with Gasteiger partial charge in [0.15, 0.2) is 0 Å². The van der Waals surface area contributed by atoms with E-state index in [0.717, 1.165) is 11.8 Å². The molecule has 2 aromatic carbocycles. The van der Waals surface area contributed by atoms with E-state index in [0.29, 0.717) is 23.2 Å². The van der Waals surface area contributed by atoms with Gasteiger partial charge in [0, 0.05) is 24.2 Å². The molecule has 0 amide bonds. The van der Waals surface area contributed by atoms with Gasteiger partial charge in [-0.05, 0) is 35.4 Å². The van der Waals surface area contributed by atoms with E-state index >= 15 is 0 Å². The van der Waals surface area contributed by atoms with Gasteiger partial charge in [0.05, 0.1) is 6.26 Å². The summed E-state index contributed by atoms with van der Waals surface area (Å²) in [7, 11) is -3.31. The topological polar surface area (TPSA) is 150 Å². The molecule has 38 heavy (non-hydrogen) atoms. The quantitative estimate of drug-likeness (QED) is 0.331. The van der Waals surface area contributed by atoms with Gasteiger partial charge in [-0.2, -0.15) is 26.3 Å².